The van der Waals surface area contributed by atoms with Crippen LogP contribution >= 0.6 is 11.6 Å². The molecule has 0 bridgehead atoms. The van der Waals surface area contributed by atoms with Gasteiger partial charge >= 0.3 is 6.18 Å². The standard InChI is InChI=1S/C15H12ClF3N2O2/c16-10-5-6-13(21-9-10)23-8-7-20-14(22)11-3-1-2-4-12(11)15(17,18)19/h1-6,9H,7-8H2,(H,20,22). The molecule has 0 unspecified atom stereocenters. The van der Waals surface area contributed by atoms with Crippen molar-refractivity contribution in [3.63, 3.8) is 0 Å². The summed E-state index contributed by atoms with van der Waals surface area (Å²) in [7, 11) is 0. The average molecular weight is 345 g/mol. The molecule has 0 radical (unpaired) electrons. The molecule has 0 aliphatic heterocycles. The van der Waals surface area contributed by atoms with E-state index in [1.54, 1.807) is 12.1 Å². The van der Waals surface area contributed by atoms with Crippen molar-refractivity contribution in [2.24, 2.45) is 0 Å². The lowest BCUT2D eigenvalue weighted by Gasteiger charge is -2.12. The molecule has 0 atom stereocenters. The van der Waals surface area contributed by atoms with Gasteiger partial charge < -0.3 is 10.1 Å². The van der Waals surface area contributed by atoms with Gasteiger partial charge in [-0.25, -0.2) is 4.98 Å². The van der Waals surface area contributed by atoms with Gasteiger partial charge in [0.05, 0.1) is 22.7 Å². The topological polar surface area (TPSA) is 51.2 Å². The monoisotopic (exact) mass is 344 g/mol. The van der Waals surface area contributed by atoms with Gasteiger partial charge in [0.15, 0.2) is 0 Å². The highest BCUT2D eigenvalue weighted by Crippen LogP contribution is 2.31. The number of pyridine rings is 1. The number of nitrogens with one attached hydrogen (secondary N) is 1. The number of rotatable bonds is 5. The number of alkyl halides is 3. The van der Waals surface area contributed by atoms with Gasteiger partial charge in [-0.15, -0.1) is 0 Å². The van der Waals surface area contributed by atoms with Crippen LogP contribution in [0.15, 0.2) is 42.6 Å². The molecule has 1 heterocycles. The van der Waals surface area contributed by atoms with E-state index in [1.165, 1.54) is 18.3 Å². The summed E-state index contributed by atoms with van der Waals surface area (Å²) < 4.78 is 43.7. The van der Waals surface area contributed by atoms with Crippen LogP contribution in [-0.2, 0) is 6.18 Å². The third-order valence-corrected chi connectivity index (χ3v) is 3.04. The molecule has 2 aromatic rings. The van der Waals surface area contributed by atoms with Crippen LogP contribution in [0.1, 0.15) is 15.9 Å². The molecule has 0 saturated carbocycles. The number of ether oxygens (including phenoxy) is 1. The molecule has 1 aromatic heterocycles. The van der Waals surface area contributed by atoms with Crippen LogP contribution in [0.2, 0.25) is 5.02 Å². The molecule has 1 N–H and O–H groups in total. The molecule has 0 spiro atoms. The Morgan fingerprint density at radius 1 is 1.22 bits per heavy atom. The lowest BCUT2D eigenvalue weighted by atomic mass is 10.1. The molecule has 8 heteroatoms. The zero-order valence-corrected chi connectivity index (χ0v) is 12.5. The van der Waals surface area contributed by atoms with Crippen LogP contribution in [0, 0.1) is 0 Å². The molecular formula is C15H12ClF3N2O2. The number of carbonyl (C=O) groups is 1. The first kappa shape index (κ1) is 17.1. The second kappa shape index (κ2) is 7.32. The largest absolute Gasteiger partial charge is 0.476 e. The third-order valence-electron chi connectivity index (χ3n) is 2.81. The molecule has 122 valence electrons. The Labute approximate surface area is 135 Å². The molecule has 1 amide bonds. The SMILES string of the molecule is O=C(NCCOc1ccc(Cl)cn1)c1ccccc1C(F)(F)F. The molecule has 0 saturated heterocycles. The summed E-state index contributed by atoms with van der Waals surface area (Å²) in [5.74, 6) is -0.509. The summed E-state index contributed by atoms with van der Waals surface area (Å²) in [5.41, 5.74) is -1.40. The van der Waals surface area contributed by atoms with Crippen LogP contribution in [0.4, 0.5) is 13.2 Å². The molecule has 1 aromatic carbocycles. The second-order valence-electron chi connectivity index (χ2n) is 4.46. The fourth-order valence-electron chi connectivity index (χ4n) is 1.79. The summed E-state index contributed by atoms with van der Waals surface area (Å²) in [4.78, 5) is 15.8. The fraction of sp³-hybridized carbons (Fsp3) is 0.200. The lowest BCUT2D eigenvalue weighted by Crippen LogP contribution is -2.30. The highest BCUT2D eigenvalue weighted by atomic mass is 35.5. The van der Waals surface area contributed by atoms with E-state index in [0.717, 1.165) is 12.1 Å². The molecule has 0 aliphatic rings. The lowest BCUT2D eigenvalue weighted by molar-refractivity contribution is -0.137. The summed E-state index contributed by atoms with van der Waals surface area (Å²) in [6.45, 7) is 0.101. The molecule has 4 nitrogen and oxygen atoms in total. The van der Waals surface area contributed by atoms with E-state index in [9.17, 15) is 18.0 Å². The first-order valence-corrected chi connectivity index (χ1v) is 6.94. The highest BCUT2D eigenvalue weighted by Gasteiger charge is 2.34. The molecule has 23 heavy (non-hydrogen) atoms. The molecule has 2 rings (SSSR count). The Morgan fingerprint density at radius 2 is 1.96 bits per heavy atom. The van der Waals surface area contributed by atoms with Crippen molar-refractivity contribution in [3.05, 3.63) is 58.7 Å². The zero-order chi connectivity index (χ0) is 16.9. The maximum Gasteiger partial charge on any atom is 0.417 e. The van der Waals surface area contributed by atoms with Gasteiger partial charge in [-0.2, -0.15) is 13.2 Å². The predicted molar refractivity (Wildman–Crippen MR) is 78.5 cm³/mol. The Balaban J connectivity index is 1.89. The van der Waals surface area contributed by atoms with Crippen LogP contribution < -0.4 is 10.1 Å². The van der Waals surface area contributed by atoms with E-state index in [1.807, 2.05) is 0 Å². The van der Waals surface area contributed by atoms with Gasteiger partial charge in [0.2, 0.25) is 5.88 Å². The number of carbonyl (C=O) groups excluding carboxylic acids is 1. The van der Waals surface area contributed by atoms with E-state index in [2.05, 4.69) is 10.3 Å². The van der Waals surface area contributed by atoms with Crippen molar-refractivity contribution in [1.82, 2.24) is 10.3 Å². The Kier molecular flexibility index (Phi) is 5.44. The van der Waals surface area contributed by atoms with Crippen molar-refractivity contribution in [1.29, 1.82) is 0 Å². The Hall–Kier alpha value is -2.28. The smallest absolute Gasteiger partial charge is 0.417 e. The van der Waals surface area contributed by atoms with Crippen LogP contribution in [0.3, 0.4) is 0 Å². The summed E-state index contributed by atoms with van der Waals surface area (Å²) in [5, 5.41) is 2.83. The van der Waals surface area contributed by atoms with Crippen molar-refractivity contribution in [2.75, 3.05) is 13.2 Å². The number of nitrogens with zero attached hydrogens (tertiary/aromatic N) is 1. The van der Waals surface area contributed by atoms with E-state index >= 15 is 0 Å². The quantitative estimate of drug-likeness (QED) is 0.844. The minimum Gasteiger partial charge on any atom is -0.476 e. The normalized spacial score (nSPS) is 11.1. The van der Waals surface area contributed by atoms with Crippen molar-refractivity contribution >= 4 is 17.5 Å². The van der Waals surface area contributed by atoms with Gasteiger partial charge in [-0.05, 0) is 18.2 Å². The third kappa shape index (κ3) is 4.85. The predicted octanol–water partition coefficient (Wildman–Crippen LogP) is 3.56. The number of aromatic nitrogens is 1. The minimum absolute atomic E-state index is 0.0370. The van der Waals surface area contributed by atoms with E-state index in [4.69, 9.17) is 16.3 Å². The number of halogens is 4. The zero-order valence-electron chi connectivity index (χ0n) is 11.7. The summed E-state index contributed by atoms with van der Waals surface area (Å²) in [6, 6.07) is 7.72. The Morgan fingerprint density at radius 3 is 2.61 bits per heavy atom. The van der Waals surface area contributed by atoms with E-state index < -0.39 is 23.2 Å². The number of benzene rings is 1. The minimum atomic E-state index is -4.59. The summed E-state index contributed by atoms with van der Waals surface area (Å²) >= 11 is 5.67. The van der Waals surface area contributed by atoms with Crippen LogP contribution in [0.25, 0.3) is 0 Å². The second-order valence-corrected chi connectivity index (χ2v) is 4.90. The van der Waals surface area contributed by atoms with Crippen molar-refractivity contribution in [3.8, 4) is 5.88 Å². The van der Waals surface area contributed by atoms with Gasteiger partial charge in [-0.1, -0.05) is 23.7 Å². The van der Waals surface area contributed by atoms with Gasteiger partial charge in [0.25, 0.3) is 5.91 Å². The van der Waals surface area contributed by atoms with Crippen molar-refractivity contribution < 1.29 is 22.7 Å². The van der Waals surface area contributed by atoms with Gasteiger partial charge in [-0.3, -0.25) is 4.79 Å². The fourth-order valence-corrected chi connectivity index (χ4v) is 1.90. The molecule has 0 fully saturated rings. The van der Waals surface area contributed by atoms with Crippen LogP contribution in [0.5, 0.6) is 5.88 Å². The number of hydrogen-bond donors (Lipinski definition) is 1. The number of hydrogen-bond acceptors (Lipinski definition) is 3. The van der Waals surface area contributed by atoms with Gasteiger partial charge in [0.1, 0.15) is 6.61 Å². The van der Waals surface area contributed by atoms with Crippen LogP contribution in [-0.4, -0.2) is 24.0 Å². The van der Waals surface area contributed by atoms with Gasteiger partial charge in [0, 0.05) is 12.3 Å². The number of amides is 1. The molecule has 0 aliphatic carbocycles. The maximum atomic E-state index is 12.8. The average Bonchev–Trinajstić information content (AvgIpc) is 2.52. The first-order chi connectivity index (χ1) is 10.9. The molecular weight excluding hydrogens is 333 g/mol. The Bertz CT molecular complexity index is 675. The van der Waals surface area contributed by atoms with Crippen molar-refractivity contribution in [2.45, 2.75) is 6.18 Å². The summed E-state index contributed by atoms with van der Waals surface area (Å²) in [6.07, 6.45) is -3.19. The maximum absolute atomic E-state index is 12.8. The highest BCUT2D eigenvalue weighted by molar-refractivity contribution is 6.30. The van der Waals surface area contributed by atoms with E-state index in [0.29, 0.717) is 10.9 Å². The first-order valence-electron chi connectivity index (χ1n) is 6.56. The van der Waals surface area contributed by atoms with E-state index in [-0.39, 0.29) is 13.2 Å².